The Hall–Kier alpha value is -1.31. The fraction of sp³-hybridized carbons (Fsp3) is 0.364. The number of rotatable bonds is 1. The third-order valence-electron chi connectivity index (χ3n) is 2.60. The second kappa shape index (κ2) is 2.34. The molecule has 0 N–H and O–H groups in total. The molecule has 2 nitrogen and oxygen atoms in total. The lowest BCUT2D eigenvalue weighted by Crippen LogP contribution is -1.92. The van der Waals surface area contributed by atoms with Gasteiger partial charge in [-0.05, 0) is 31.4 Å². The number of aromatic nitrogens is 2. The van der Waals surface area contributed by atoms with Crippen molar-refractivity contribution in [2.75, 3.05) is 0 Å². The van der Waals surface area contributed by atoms with Gasteiger partial charge in [-0.3, -0.25) is 4.68 Å². The Morgan fingerprint density at radius 1 is 1.38 bits per heavy atom. The summed E-state index contributed by atoms with van der Waals surface area (Å²) in [4.78, 5) is 0. The van der Waals surface area contributed by atoms with Crippen LogP contribution in [0.25, 0.3) is 10.9 Å². The lowest BCUT2D eigenvalue weighted by atomic mass is 10.2. The van der Waals surface area contributed by atoms with Gasteiger partial charge in [0.1, 0.15) is 0 Å². The summed E-state index contributed by atoms with van der Waals surface area (Å²) in [5.74, 6) is 0. The molecule has 0 spiro atoms. The molecule has 1 aliphatic rings. The maximum absolute atomic E-state index is 4.55. The third kappa shape index (κ3) is 1.13. The molecule has 1 aromatic carbocycles. The van der Waals surface area contributed by atoms with Crippen molar-refractivity contribution in [2.45, 2.75) is 25.8 Å². The van der Waals surface area contributed by atoms with Crippen LogP contribution in [0.1, 0.15) is 24.4 Å². The van der Waals surface area contributed by atoms with Crippen LogP contribution >= 0.6 is 0 Å². The van der Waals surface area contributed by atoms with Crippen LogP contribution in [0.2, 0.25) is 0 Å². The van der Waals surface area contributed by atoms with Gasteiger partial charge in [0.15, 0.2) is 0 Å². The van der Waals surface area contributed by atoms with Gasteiger partial charge < -0.3 is 0 Å². The van der Waals surface area contributed by atoms with Gasteiger partial charge in [0.25, 0.3) is 0 Å². The van der Waals surface area contributed by atoms with Gasteiger partial charge in [-0.25, -0.2) is 0 Å². The fourth-order valence-corrected chi connectivity index (χ4v) is 1.67. The Morgan fingerprint density at radius 3 is 3.00 bits per heavy atom. The topological polar surface area (TPSA) is 17.8 Å². The van der Waals surface area contributed by atoms with E-state index in [1.807, 2.05) is 0 Å². The van der Waals surface area contributed by atoms with Gasteiger partial charge in [0.2, 0.25) is 0 Å². The summed E-state index contributed by atoms with van der Waals surface area (Å²) < 4.78 is 2.12. The first kappa shape index (κ1) is 7.13. The van der Waals surface area contributed by atoms with E-state index in [1.165, 1.54) is 23.8 Å². The minimum Gasteiger partial charge on any atom is -0.268 e. The molecule has 1 heterocycles. The van der Waals surface area contributed by atoms with Crippen LogP contribution in [-0.2, 0) is 0 Å². The zero-order chi connectivity index (χ0) is 8.84. The van der Waals surface area contributed by atoms with E-state index in [0.29, 0.717) is 6.04 Å². The predicted molar refractivity (Wildman–Crippen MR) is 52.7 cm³/mol. The van der Waals surface area contributed by atoms with Gasteiger partial charge in [-0.1, -0.05) is 12.1 Å². The molecule has 0 bridgehead atoms. The van der Waals surface area contributed by atoms with Crippen molar-refractivity contribution in [3.63, 3.8) is 0 Å². The van der Waals surface area contributed by atoms with Crippen LogP contribution in [0.3, 0.4) is 0 Å². The monoisotopic (exact) mass is 172 g/mol. The predicted octanol–water partition coefficient (Wildman–Crippen LogP) is 2.68. The molecule has 1 saturated carbocycles. The second-order valence-corrected chi connectivity index (χ2v) is 3.90. The third-order valence-corrected chi connectivity index (χ3v) is 2.60. The summed E-state index contributed by atoms with van der Waals surface area (Å²) in [5, 5.41) is 5.81. The number of fused-ring (bicyclic) bond motifs is 1. The maximum atomic E-state index is 4.55. The first-order valence-corrected chi connectivity index (χ1v) is 4.78. The molecular weight excluding hydrogens is 160 g/mol. The minimum atomic E-state index is 0.688. The van der Waals surface area contributed by atoms with E-state index >= 15 is 0 Å². The minimum absolute atomic E-state index is 0.688. The molecule has 2 aromatic rings. The molecule has 3 rings (SSSR count). The maximum Gasteiger partial charge on any atom is 0.0926 e. The average Bonchev–Trinajstić information content (AvgIpc) is 2.87. The number of hydrogen-bond donors (Lipinski definition) is 0. The van der Waals surface area contributed by atoms with E-state index in [0.717, 1.165) is 5.52 Å². The molecule has 0 aliphatic heterocycles. The first-order valence-electron chi connectivity index (χ1n) is 4.78. The Balaban J connectivity index is 2.20. The zero-order valence-corrected chi connectivity index (χ0v) is 7.70. The van der Waals surface area contributed by atoms with Crippen molar-refractivity contribution in [1.29, 1.82) is 0 Å². The van der Waals surface area contributed by atoms with Crippen molar-refractivity contribution < 1.29 is 0 Å². The van der Waals surface area contributed by atoms with E-state index in [4.69, 9.17) is 0 Å². The summed E-state index contributed by atoms with van der Waals surface area (Å²) in [5.41, 5.74) is 2.42. The number of hydrogen-bond acceptors (Lipinski definition) is 1. The Kier molecular flexibility index (Phi) is 1.29. The quantitative estimate of drug-likeness (QED) is 0.646. The Labute approximate surface area is 77.2 Å². The lowest BCUT2D eigenvalue weighted by Gasteiger charge is -1.92. The fourth-order valence-electron chi connectivity index (χ4n) is 1.67. The second-order valence-electron chi connectivity index (χ2n) is 3.90. The van der Waals surface area contributed by atoms with E-state index in [9.17, 15) is 0 Å². The highest BCUT2D eigenvalue weighted by Gasteiger charge is 2.24. The number of benzene rings is 1. The zero-order valence-electron chi connectivity index (χ0n) is 7.70. The van der Waals surface area contributed by atoms with Crippen LogP contribution in [-0.4, -0.2) is 9.78 Å². The van der Waals surface area contributed by atoms with Crippen molar-refractivity contribution in [3.8, 4) is 0 Å². The van der Waals surface area contributed by atoms with Gasteiger partial charge >= 0.3 is 0 Å². The van der Waals surface area contributed by atoms with Gasteiger partial charge in [0.05, 0.1) is 11.6 Å². The molecular formula is C11H12N2. The van der Waals surface area contributed by atoms with E-state index in [2.05, 4.69) is 41.1 Å². The molecule has 1 fully saturated rings. The van der Waals surface area contributed by atoms with Crippen LogP contribution in [0.15, 0.2) is 24.4 Å². The van der Waals surface area contributed by atoms with Crippen LogP contribution < -0.4 is 0 Å². The summed E-state index contributed by atoms with van der Waals surface area (Å²) in [7, 11) is 0. The molecule has 13 heavy (non-hydrogen) atoms. The lowest BCUT2D eigenvalue weighted by molar-refractivity contribution is 0.649. The molecule has 2 heteroatoms. The normalized spacial score (nSPS) is 16.7. The molecule has 1 aromatic heterocycles. The van der Waals surface area contributed by atoms with Crippen LogP contribution in [0.5, 0.6) is 0 Å². The Morgan fingerprint density at radius 2 is 2.23 bits per heavy atom. The van der Waals surface area contributed by atoms with E-state index in [-0.39, 0.29) is 0 Å². The Bertz CT molecular complexity index is 452. The largest absolute Gasteiger partial charge is 0.268 e. The smallest absolute Gasteiger partial charge is 0.0926 e. The van der Waals surface area contributed by atoms with Gasteiger partial charge in [-0.2, -0.15) is 5.10 Å². The summed E-state index contributed by atoms with van der Waals surface area (Å²) >= 11 is 0. The summed E-state index contributed by atoms with van der Waals surface area (Å²) in [6.45, 7) is 2.11. The highest BCUT2D eigenvalue weighted by molar-refractivity contribution is 5.78. The van der Waals surface area contributed by atoms with Crippen LogP contribution in [0.4, 0.5) is 0 Å². The van der Waals surface area contributed by atoms with Crippen LogP contribution in [0, 0.1) is 6.92 Å². The van der Waals surface area contributed by atoms with Crippen molar-refractivity contribution in [3.05, 3.63) is 30.0 Å². The number of aryl methyl sites for hydroxylation is 1. The van der Waals surface area contributed by atoms with Crippen molar-refractivity contribution in [1.82, 2.24) is 9.78 Å². The summed E-state index contributed by atoms with van der Waals surface area (Å²) in [6.07, 6.45) is 4.76. The first-order chi connectivity index (χ1) is 6.33. The van der Waals surface area contributed by atoms with E-state index in [1.54, 1.807) is 0 Å². The molecule has 1 aliphatic carbocycles. The highest BCUT2D eigenvalue weighted by atomic mass is 15.3. The van der Waals surface area contributed by atoms with Crippen molar-refractivity contribution >= 4 is 10.9 Å². The van der Waals surface area contributed by atoms with Gasteiger partial charge in [0, 0.05) is 11.6 Å². The average molecular weight is 172 g/mol. The SMILES string of the molecule is Cc1ccc2cn(C3CC3)nc2c1. The molecule has 0 radical (unpaired) electrons. The molecule has 0 saturated heterocycles. The summed E-state index contributed by atoms with van der Waals surface area (Å²) in [6, 6.07) is 7.12. The number of nitrogens with zero attached hydrogens (tertiary/aromatic N) is 2. The van der Waals surface area contributed by atoms with E-state index < -0.39 is 0 Å². The molecule has 0 amide bonds. The molecule has 0 atom stereocenters. The highest BCUT2D eigenvalue weighted by Crippen LogP contribution is 2.35. The van der Waals surface area contributed by atoms with Crippen molar-refractivity contribution in [2.24, 2.45) is 0 Å². The molecule has 0 unspecified atom stereocenters. The van der Waals surface area contributed by atoms with Gasteiger partial charge in [-0.15, -0.1) is 0 Å². The standard InChI is InChI=1S/C11H12N2/c1-8-2-3-9-7-13(10-4-5-10)12-11(9)6-8/h2-3,6-7,10H,4-5H2,1H3. The molecule has 66 valence electrons.